The molecule has 3 rings (SSSR count). The summed E-state index contributed by atoms with van der Waals surface area (Å²) in [5.74, 6) is -0.0639. The second-order valence-electron chi connectivity index (χ2n) is 7.64. The van der Waals surface area contributed by atoms with Gasteiger partial charge in [0.05, 0.1) is 0 Å². The number of nitrogens with zero attached hydrogens (tertiary/aromatic N) is 1. The van der Waals surface area contributed by atoms with Gasteiger partial charge in [-0.3, -0.25) is 9.59 Å². The van der Waals surface area contributed by atoms with Gasteiger partial charge in [-0.1, -0.05) is 77.3 Å². The Labute approximate surface area is 204 Å². The highest BCUT2D eigenvalue weighted by atomic mass is 35.5. The van der Waals surface area contributed by atoms with E-state index in [2.05, 4.69) is 5.32 Å². The molecule has 0 bridgehead atoms. The zero-order chi connectivity index (χ0) is 23.8. The highest BCUT2D eigenvalue weighted by Gasteiger charge is 2.31. The van der Waals surface area contributed by atoms with Crippen molar-refractivity contribution in [1.29, 1.82) is 0 Å². The van der Waals surface area contributed by atoms with Crippen molar-refractivity contribution >= 4 is 35.0 Å². The highest BCUT2D eigenvalue weighted by Crippen LogP contribution is 2.27. The number of nitrogens with one attached hydrogen (secondary N) is 1. The number of halogens is 2. The summed E-state index contributed by atoms with van der Waals surface area (Å²) in [5.41, 5.74) is 2.59. The zero-order valence-corrected chi connectivity index (χ0v) is 20.1. The lowest BCUT2D eigenvalue weighted by molar-refractivity contribution is -0.142. The molecule has 172 valence electrons. The Morgan fingerprint density at radius 1 is 0.939 bits per heavy atom. The number of benzene rings is 3. The van der Waals surface area contributed by atoms with Crippen LogP contribution in [0.5, 0.6) is 5.75 Å². The molecule has 0 radical (unpaired) electrons. The van der Waals surface area contributed by atoms with Gasteiger partial charge in [0.2, 0.25) is 5.91 Å². The molecule has 3 aromatic carbocycles. The van der Waals surface area contributed by atoms with E-state index in [0.29, 0.717) is 27.8 Å². The molecule has 3 aromatic rings. The number of likely N-dealkylation sites (N-methyl/N-ethyl adjacent to an activating group) is 1. The second kappa shape index (κ2) is 11.7. The molecule has 0 saturated heterocycles. The van der Waals surface area contributed by atoms with Gasteiger partial charge in [0.15, 0.2) is 6.61 Å². The molecule has 0 spiro atoms. The summed E-state index contributed by atoms with van der Waals surface area (Å²) in [6, 6.07) is 21.3. The molecule has 0 fully saturated rings. The van der Waals surface area contributed by atoms with Gasteiger partial charge >= 0.3 is 0 Å². The van der Waals surface area contributed by atoms with E-state index in [1.807, 2.05) is 49.4 Å². The van der Waals surface area contributed by atoms with Crippen LogP contribution in [0.25, 0.3) is 0 Å². The summed E-state index contributed by atoms with van der Waals surface area (Å²) in [7, 11) is 1.55. The van der Waals surface area contributed by atoms with E-state index in [4.69, 9.17) is 27.9 Å². The SMILES string of the molecule is CNC(=O)[C@@H](Cc1ccccc1)N(Cc1c(Cl)cccc1Cl)C(=O)COc1ccc(C)cc1. The van der Waals surface area contributed by atoms with Crippen LogP contribution in [0.2, 0.25) is 10.0 Å². The first-order valence-corrected chi connectivity index (χ1v) is 11.3. The Kier molecular flexibility index (Phi) is 8.75. The van der Waals surface area contributed by atoms with Crippen LogP contribution in [0.1, 0.15) is 16.7 Å². The fourth-order valence-corrected chi connectivity index (χ4v) is 3.95. The first-order valence-electron chi connectivity index (χ1n) is 10.6. The van der Waals surface area contributed by atoms with Crippen molar-refractivity contribution in [2.75, 3.05) is 13.7 Å². The van der Waals surface area contributed by atoms with Crippen molar-refractivity contribution in [1.82, 2.24) is 10.2 Å². The van der Waals surface area contributed by atoms with E-state index in [1.54, 1.807) is 37.4 Å². The van der Waals surface area contributed by atoms with Crippen LogP contribution in [-0.4, -0.2) is 36.4 Å². The zero-order valence-electron chi connectivity index (χ0n) is 18.6. The van der Waals surface area contributed by atoms with Gasteiger partial charge < -0.3 is 15.0 Å². The Morgan fingerprint density at radius 3 is 2.18 bits per heavy atom. The fourth-order valence-electron chi connectivity index (χ4n) is 3.44. The van der Waals surface area contributed by atoms with E-state index in [-0.39, 0.29) is 25.0 Å². The third-order valence-corrected chi connectivity index (χ3v) is 6.00. The van der Waals surface area contributed by atoms with Gasteiger partial charge in [0.25, 0.3) is 5.91 Å². The Balaban J connectivity index is 1.91. The summed E-state index contributed by atoms with van der Waals surface area (Å²) >= 11 is 12.8. The number of carbonyl (C=O) groups excluding carboxylic acids is 2. The summed E-state index contributed by atoms with van der Waals surface area (Å²) in [5, 5.41) is 3.53. The third kappa shape index (κ3) is 6.73. The number of hydrogen-bond donors (Lipinski definition) is 1. The van der Waals surface area contributed by atoms with Gasteiger partial charge in [-0.25, -0.2) is 0 Å². The van der Waals surface area contributed by atoms with E-state index in [9.17, 15) is 9.59 Å². The van der Waals surface area contributed by atoms with Crippen LogP contribution in [0.15, 0.2) is 72.8 Å². The number of carbonyl (C=O) groups is 2. The molecule has 2 amide bonds. The first-order chi connectivity index (χ1) is 15.9. The van der Waals surface area contributed by atoms with Crippen molar-refractivity contribution in [2.24, 2.45) is 0 Å². The Morgan fingerprint density at radius 2 is 1.58 bits per heavy atom. The monoisotopic (exact) mass is 484 g/mol. The molecule has 0 unspecified atom stereocenters. The van der Waals surface area contributed by atoms with Crippen molar-refractivity contribution in [3.63, 3.8) is 0 Å². The minimum atomic E-state index is -0.779. The van der Waals surface area contributed by atoms with Crippen molar-refractivity contribution < 1.29 is 14.3 Å². The molecule has 0 saturated carbocycles. The largest absolute Gasteiger partial charge is 0.484 e. The minimum Gasteiger partial charge on any atom is -0.484 e. The molecular weight excluding hydrogens is 459 g/mol. The van der Waals surface area contributed by atoms with Crippen LogP contribution >= 0.6 is 23.2 Å². The number of ether oxygens (including phenoxy) is 1. The number of aryl methyl sites for hydroxylation is 1. The number of hydrogen-bond acceptors (Lipinski definition) is 3. The lowest BCUT2D eigenvalue weighted by Gasteiger charge is -2.31. The van der Waals surface area contributed by atoms with E-state index < -0.39 is 6.04 Å². The lowest BCUT2D eigenvalue weighted by atomic mass is 10.0. The first kappa shape index (κ1) is 24.6. The van der Waals surface area contributed by atoms with Gasteiger partial charge in [-0.05, 0) is 36.8 Å². The van der Waals surface area contributed by atoms with Crippen LogP contribution < -0.4 is 10.1 Å². The molecular formula is C26H26Cl2N2O3. The van der Waals surface area contributed by atoms with Crippen molar-refractivity contribution in [3.8, 4) is 5.75 Å². The maximum absolute atomic E-state index is 13.4. The molecule has 5 nitrogen and oxygen atoms in total. The molecule has 0 aromatic heterocycles. The normalized spacial score (nSPS) is 11.5. The third-order valence-electron chi connectivity index (χ3n) is 5.29. The lowest BCUT2D eigenvalue weighted by Crippen LogP contribution is -2.51. The topological polar surface area (TPSA) is 58.6 Å². The smallest absolute Gasteiger partial charge is 0.261 e. The summed E-state index contributed by atoms with van der Waals surface area (Å²) in [6.45, 7) is 1.81. The van der Waals surface area contributed by atoms with Crippen LogP contribution in [0.3, 0.4) is 0 Å². The molecule has 33 heavy (non-hydrogen) atoms. The predicted octanol–water partition coefficient (Wildman–Crippen LogP) is 5.07. The van der Waals surface area contributed by atoms with Gasteiger partial charge in [-0.15, -0.1) is 0 Å². The second-order valence-corrected chi connectivity index (χ2v) is 8.46. The van der Waals surface area contributed by atoms with Crippen LogP contribution in [0.4, 0.5) is 0 Å². The Bertz CT molecular complexity index is 1070. The minimum absolute atomic E-state index is 0.0690. The van der Waals surface area contributed by atoms with E-state index >= 15 is 0 Å². The maximum atomic E-state index is 13.4. The van der Waals surface area contributed by atoms with Crippen molar-refractivity contribution in [3.05, 3.63) is 99.5 Å². The molecule has 0 aliphatic heterocycles. The number of amides is 2. The molecule has 1 N–H and O–H groups in total. The molecule has 0 aliphatic rings. The van der Waals surface area contributed by atoms with Crippen LogP contribution in [-0.2, 0) is 22.6 Å². The number of rotatable bonds is 9. The van der Waals surface area contributed by atoms with Gasteiger partial charge in [-0.2, -0.15) is 0 Å². The van der Waals surface area contributed by atoms with Gasteiger partial charge in [0.1, 0.15) is 11.8 Å². The average molecular weight is 485 g/mol. The standard InChI is InChI=1S/C26H26Cl2N2O3/c1-18-11-13-20(14-12-18)33-17-25(31)30(16-21-22(27)9-6-10-23(21)28)24(26(32)29-2)15-19-7-4-3-5-8-19/h3-14,24H,15-17H2,1-2H3,(H,29,32)/t24-/m1/s1. The summed E-state index contributed by atoms with van der Waals surface area (Å²) in [6.07, 6.45) is 0.332. The fraction of sp³-hybridized carbons (Fsp3) is 0.231. The van der Waals surface area contributed by atoms with Crippen LogP contribution in [0, 0.1) is 6.92 Å². The summed E-state index contributed by atoms with van der Waals surface area (Å²) < 4.78 is 5.73. The highest BCUT2D eigenvalue weighted by molar-refractivity contribution is 6.36. The molecule has 1 atom stereocenters. The maximum Gasteiger partial charge on any atom is 0.261 e. The average Bonchev–Trinajstić information content (AvgIpc) is 2.82. The van der Waals surface area contributed by atoms with Crippen molar-refractivity contribution in [2.45, 2.75) is 25.9 Å². The molecule has 7 heteroatoms. The Hall–Kier alpha value is -3.02. The molecule has 0 heterocycles. The summed E-state index contributed by atoms with van der Waals surface area (Å²) in [4.78, 5) is 27.8. The van der Waals surface area contributed by atoms with E-state index in [1.165, 1.54) is 4.90 Å². The van der Waals surface area contributed by atoms with Gasteiger partial charge in [0, 0.05) is 35.6 Å². The van der Waals surface area contributed by atoms with E-state index in [0.717, 1.165) is 11.1 Å². The predicted molar refractivity (Wildman–Crippen MR) is 132 cm³/mol. The quantitative estimate of drug-likeness (QED) is 0.461. The molecule has 0 aliphatic carbocycles.